The van der Waals surface area contributed by atoms with Crippen LogP contribution in [0.4, 0.5) is 20.6 Å². The Kier molecular flexibility index (Phi) is 5.36. The van der Waals surface area contributed by atoms with Crippen LogP contribution < -0.4 is 16.0 Å². The molecule has 0 fully saturated rings. The van der Waals surface area contributed by atoms with Gasteiger partial charge < -0.3 is 16.0 Å². The number of amides is 2. The van der Waals surface area contributed by atoms with Gasteiger partial charge in [0.2, 0.25) is 0 Å². The SMILES string of the molecule is CC(C)NC(=O)Nc1ccc(NCc2ccccc2F)cc1. The largest absolute Gasteiger partial charge is 0.381 e. The molecule has 2 amide bonds. The smallest absolute Gasteiger partial charge is 0.319 e. The first-order chi connectivity index (χ1) is 10.5. The normalized spacial score (nSPS) is 10.4. The van der Waals surface area contributed by atoms with E-state index in [9.17, 15) is 9.18 Å². The van der Waals surface area contributed by atoms with Crippen LogP contribution in [0.5, 0.6) is 0 Å². The Labute approximate surface area is 129 Å². The molecule has 0 atom stereocenters. The maximum atomic E-state index is 13.5. The second kappa shape index (κ2) is 7.45. The molecule has 0 bridgehead atoms. The topological polar surface area (TPSA) is 53.2 Å². The number of carbonyl (C=O) groups excluding carboxylic acids is 1. The number of hydrogen-bond acceptors (Lipinski definition) is 2. The Morgan fingerprint density at radius 2 is 1.68 bits per heavy atom. The van der Waals surface area contributed by atoms with Gasteiger partial charge in [0.1, 0.15) is 5.82 Å². The Morgan fingerprint density at radius 1 is 1.05 bits per heavy atom. The third-order valence-corrected chi connectivity index (χ3v) is 3.00. The minimum absolute atomic E-state index is 0.0849. The molecule has 0 saturated heterocycles. The Hall–Kier alpha value is -2.56. The van der Waals surface area contributed by atoms with Crippen molar-refractivity contribution in [1.82, 2.24) is 5.32 Å². The first kappa shape index (κ1) is 15.8. The van der Waals surface area contributed by atoms with E-state index in [2.05, 4.69) is 16.0 Å². The highest BCUT2D eigenvalue weighted by molar-refractivity contribution is 5.89. The van der Waals surface area contributed by atoms with Gasteiger partial charge in [0.25, 0.3) is 0 Å². The highest BCUT2D eigenvalue weighted by Crippen LogP contribution is 2.15. The maximum absolute atomic E-state index is 13.5. The number of anilines is 2. The molecule has 116 valence electrons. The highest BCUT2D eigenvalue weighted by Gasteiger charge is 2.04. The monoisotopic (exact) mass is 301 g/mol. The van der Waals surface area contributed by atoms with E-state index in [0.29, 0.717) is 17.8 Å². The van der Waals surface area contributed by atoms with Crippen molar-refractivity contribution < 1.29 is 9.18 Å². The zero-order chi connectivity index (χ0) is 15.9. The van der Waals surface area contributed by atoms with Crippen LogP contribution in [-0.4, -0.2) is 12.1 Å². The number of carbonyl (C=O) groups is 1. The molecule has 22 heavy (non-hydrogen) atoms. The minimum atomic E-state index is -0.234. The second-order valence-electron chi connectivity index (χ2n) is 5.28. The van der Waals surface area contributed by atoms with E-state index in [1.807, 2.05) is 26.0 Å². The minimum Gasteiger partial charge on any atom is -0.381 e. The van der Waals surface area contributed by atoms with Crippen molar-refractivity contribution in [2.75, 3.05) is 10.6 Å². The zero-order valence-electron chi connectivity index (χ0n) is 12.7. The summed E-state index contributed by atoms with van der Waals surface area (Å²) >= 11 is 0. The van der Waals surface area contributed by atoms with Crippen LogP contribution in [0.2, 0.25) is 0 Å². The molecule has 0 aromatic heterocycles. The van der Waals surface area contributed by atoms with Crippen molar-refractivity contribution in [1.29, 1.82) is 0 Å². The van der Waals surface area contributed by atoms with Crippen molar-refractivity contribution in [3.63, 3.8) is 0 Å². The molecule has 3 N–H and O–H groups in total. The molecular formula is C17H20FN3O. The van der Waals surface area contributed by atoms with Crippen LogP contribution >= 0.6 is 0 Å². The molecule has 4 nitrogen and oxygen atoms in total. The predicted octanol–water partition coefficient (Wildman–Crippen LogP) is 3.97. The molecule has 0 aliphatic carbocycles. The fourth-order valence-corrected chi connectivity index (χ4v) is 1.94. The van der Waals surface area contributed by atoms with Gasteiger partial charge in [-0.1, -0.05) is 18.2 Å². The molecule has 0 saturated carbocycles. The van der Waals surface area contributed by atoms with Gasteiger partial charge in [-0.15, -0.1) is 0 Å². The van der Waals surface area contributed by atoms with Crippen molar-refractivity contribution in [3.05, 3.63) is 59.9 Å². The van der Waals surface area contributed by atoms with Crippen LogP contribution in [0.15, 0.2) is 48.5 Å². The molecule has 0 spiro atoms. The summed E-state index contributed by atoms with van der Waals surface area (Å²) in [6.45, 7) is 4.21. The summed E-state index contributed by atoms with van der Waals surface area (Å²) in [4.78, 5) is 11.6. The van der Waals surface area contributed by atoms with Crippen molar-refractivity contribution in [2.45, 2.75) is 26.4 Å². The van der Waals surface area contributed by atoms with Crippen molar-refractivity contribution in [3.8, 4) is 0 Å². The number of benzene rings is 2. The fourth-order valence-electron chi connectivity index (χ4n) is 1.94. The van der Waals surface area contributed by atoms with E-state index in [0.717, 1.165) is 5.69 Å². The molecule has 0 unspecified atom stereocenters. The average molecular weight is 301 g/mol. The fraction of sp³-hybridized carbons (Fsp3) is 0.235. The Morgan fingerprint density at radius 3 is 2.32 bits per heavy atom. The van der Waals surface area contributed by atoms with Crippen molar-refractivity contribution >= 4 is 17.4 Å². The van der Waals surface area contributed by atoms with E-state index in [1.165, 1.54) is 6.07 Å². The standard InChI is InChI=1S/C17H20FN3O/c1-12(2)20-17(22)21-15-9-7-14(8-10-15)19-11-13-5-3-4-6-16(13)18/h3-10,12,19H,11H2,1-2H3,(H2,20,21,22). The van der Waals surface area contributed by atoms with Gasteiger partial charge in [0.15, 0.2) is 0 Å². The third kappa shape index (κ3) is 4.77. The molecule has 5 heteroatoms. The first-order valence-electron chi connectivity index (χ1n) is 7.19. The Balaban J connectivity index is 1.89. The van der Waals surface area contributed by atoms with Crippen molar-refractivity contribution in [2.24, 2.45) is 0 Å². The van der Waals surface area contributed by atoms with E-state index in [4.69, 9.17) is 0 Å². The lowest BCUT2D eigenvalue weighted by molar-refractivity contribution is 0.250. The second-order valence-corrected chi connectivity index (χ2v) is 5.28. The summed E-state index contributed by atoms with van der Waals surface area (Å²) in [5, 5.41) is 8.64. The number of halogens is 1. The molecule has 0 heterocycles. The lowest BCUT2D eigenvalue weighted by Crippen LogP contribution is -2.34. The molecule has 0 aliphatic rings. The highest BCUT2D eigenvalue weighted by atomic mass is 19.1. The van der Waals surface area contributed by atoms with Gasteiger partial charge in [-0.25, -0.2) is 9.18 Å². The lowest BCUT2D eigenvalue weighted by atomic mass is 10.2. The summed E-state index contributed by atoms with van der Waals surface area (Å²) in [6, 6.07) is 13.8. The van der Waals surface area contributed by atoms with E-state index < -0.39 is 0 Å². The van der Waals surface area contributed by atoms with Crippen LogP contribution in [0.3, 0.4) is 0 Å². The summed E-state index contributed by atoms with van der Waals surface area (Å²) in [5.41, 5.74) is 2.17. The van der Waals surface area contributed by atoms with Gasteiger partial charge in [-0.3, -0.25) is 0 Å². The van der Waals surface area contributed by atoms with E-state index in [1.54, 1.807) is 30.3 Å². The molecule has 2 aromatic carbocycles. The molecular weight excluding hydrogens is 281 g/mol. The zero-order valence-corrected chi connectivity index (χ0v) is 12.7. The first-order valence-corrected chi connectivity index (χ1v) is 7.19. The predicted molar refractivity (Wildman–Crippen MR) is 87.5 cm³/mol. The van der Waals surface area contributed by atoms with Gasteiger partial charge in [-0.2, -0.15) is 0 Å². The van der Waals surface area contributed by atoms with E-state index >= 15 is 0 Å². The summed E-state index contributed by atoms with van der Waals surface area (Å²) < 4.78 is 13.5. The van der Waals surface area contributed by atoms with Gasteiger partial charge in [0.05, 0.1) is 0 Å². The van der Waals surface area contributed by atoms with Crippen LogP contribution in [0.25, 0.3) is 0 Å². The third-order valence-electron chi connectivity index (χ3n) is 3.00. The number of urea groups is 1. The Bertz CT molecular complexity index is 626. The van der Waals surface area contributed by atoms with Crippen LogP contribution in [-0.2, 0) is 6.54 Å². The summed E-state index contributed by atoms with van der Waals surface area (Å²) in [7, 11) is 0. The van der Waals surface area contributed by atoms with Crippen LogP contribution in [0.1, 0.15) is 19.4 Å². The molecule has 2 rings (SSSR count). The maximum Gasteiger partial charge on any atom is 0.319 e. The van der Waals surface area contributed by atoms with Crippen LogP contribution in [0, 0.1) is 5.82 Å². The molecule has 0 aliphatic heterocycles. The number of rotatable bonds is 5. The quantitative estimate of drug-likeness (QED) is 0.782. The summed E-state index contributed by atoms with van der Waals surface area (Å²) in [6.07, 6.45) is 0. The van der Waals surface area contributed by atoms with E-state index in [-0.39, 0.29) is 17.9 Å². The summed E-state index contributed by atoms with van der Waals surface area (Å²) in [5.74, 6) is -0.223. The van der Waals surface area contributed by atoms with Gasteiger partial charge in [-0.05, 0) is 44.2 Å². The van der Waals surface area contributed by atoms with Gasteiger partial charge in [0, 0.05) is 29.5 Å². The van der Waals surface area contributed by atoms with Gasteiger partial charge >= 0.3 is 6.03 Å². The average Bonchev–Trinajstić information content (AvgIpc) is 2.47. The number of nitrogens with one attached hydrogen (secondary N) is 3. The molecule has 0 radical (unpaired) electrons. The number of hydrogen-bond donors (Lipinski definition) is 3. The molecule has 2 aromatic rings. The lowest BCUT2D eigenvalue weighted by Gasteiger charge is -2.11.